The van der Waals surface area contributed by atoms with Crippen molar-refractivity contribution in [3.63, 3.8) is 0 Å². The number of para-hydroxylation sites is 2. The fourth-order valence-electron chi connectivity index (χ4n) is 3.44. The number of nitrogen functional groups attached to an aromatic ring is 1. The van der Waals surface area contributed by atoms with Gasteiger partial charge in [0.1, 0.15) is 5.60 Å². The molecule has 3 rings (SSSR count). The zero-order valence-electron chi connectivity index (χ0n) is 17.0. The molecule has 0 bridgehead atoms. The number of hydrogen-bond acceptors (Lipinski definition) is 6. The second-order valence-electron chi connectivity index (χ2n) is 8.33. The number of piperidine rings is 1. The fraction of sp³-hybridized carbons (Fsp3) is 0.571. The Bertz CT molecular complexity index is 819. The van der Waals surface area contributed by atoms with Crippen LogP contribution in [-0.2, 0) is 4.74 Å². The van der Waals surface area contributed by atoms with Crippen molar-refractivity contribution in [1.82, 2.24) is 14.9 Å². The van der Waals surface area contributed by atoms with Crippen LogP contribution in [0.3, 0.4) is 0 Å². The monoisotopic (exact) mass is 386 g/mol. The van der Waals surface area contributed by atoms with Gasteiger partial charge in [-0.25, -0.2) is 14.8 Å². The van der Waals surface area contributed by atoms with Gasteiger partial charge in [-0.1, -0.05) is 12.1 Å². The SMILES string of the molecule is CC(C)(C)OC(=O)N1CCC[C@@H](CCCOc2nc3ccccc3nc2N)C1. The lowest BCUT2D eigenvalue weighted by Crippen LogP contribution is -2.42. The minimum Gasteiger partial charge on any atom is -0.475 e. The molecule has 7 heteroatoms. The first-order valence-corrected chi connectivity index (χ1v) is 9.95. The number of nitrogens with zero attached hydrogens (tertiary/aromatic N) is 3. The van der Waals surface area contributed by atoms with E-state index in [1.54, 1.807) is 0 Å². The summed E-state index contributed by atoms with van der Waals surface area (Å²) in [7, 11) is 0. The third-order valence-corrected chi connectivity index (χ3v) is 4.73. The molecule has 0 unspecified atom stereocenters. The third-order valence-electron chi connectivity index (χ3n) is 4.73. The molecule has 2 N–H and O–H groups in total. The first-order valence-electron chi connectivity index (χ1n) is 9.95. The van der Waals surface area contributed by atoms with Crippen LogP contribution in [0.4, 0.5) is 10.6 Å². The Labute approximate surface area is 166 Å². The molecule has 2 aromatic rings. The van der Waals surface area contributed by atoms with Crippen molar-refractivity contribution >= 4 is 22.9 Å². The molecule has 0 radical (unpaired) electrons. The molecule has 0 spiro atoms. The second-order valence-corrected chi connectivity index (χ2v) is 8.33. The van der Waals surface area contributed by atoms with Gasteiger partial charge < -0.3 is 20.1 Å². The normalized spacial score (nSPS) is 17.5. The number of likely N-dealkylation sites (tertiary alicyclic amines) is 1. The molecule has 1 aliphatic heterocycles. The number of fused-ring (bicyclic) bond motifs is 1. The predicted octanol–water partition coefficient (Wildman–Crippen LogP) is 4.02. The van der Waals surface area contributed by atoms with E-state index in [4.69, 9.17) is 15.2 Å². The smallest absolute Gasteiger partial charge is 0.410 e. The number of carbonyl (C=O) groups is 1. The van der Waals surface area contributed by atoms with Gasteiger partial charge >= 0.3 is 6.09 Å². The average molecular weight is 386 g/mol. The van der Waals surface area contributed by atoms with Crippen LogP contribution < -0.4 is 10.5 Å². The van der Waals surface area contributed by atoms with Crippen LogP contribution in [0.2, 0.25) is 0 Å². The molecule has 1 atom stereocenters. The molecule has 1 aromatic carbocycles. The standard InChI is InChI=1S/C21H30N4O3/c1-21(2,3)28-20(26)25-12-6-8-15(14-25)9-7-13-27-19-18(22)23-16-10-4-5-11-17(16)24-19/h4-5,10-11,15H,6-9,12-14H2,1-3H3,(H2,22,23)/t15-/m0/s1. The average Bonchev–Trinajstić information content (AvgIpc) is 2.64. The minimum atomic E-state index is -0.460. The Morgan fingerprint density at radius 1 is 1.25 bits per heavy atom. The van der Waals surface area contributed by atoms with Crippen molar-refractivity contribution in [2.75, 3.05) is 25.4 Å². The maximum Gasteiger partial charge on any atom is 0.410 e. The highest BCUT2D eigenvalue weighted by molar-refractivity contribution is 5.76. The summed E-state index contributed by atoms with van der Waals surface area (Å²) < 4.78 is 11.3. The van der Waals surface area contributed by atoms with E-state index in [9.17, 15) is 4.79 Å². The summed E-state index contributed by atoms with van der Waals surface area (Å²) in [6.07, 6.45) is 3.78. The van der Waals surface area contributed by atoms with Gasteiger partial charge in [0, 0.05) is 13.1 Å². The Morgan fingerprint density at radius 2 is 1.96 bits per heavy atom. The summed E-state index contributed by atoms with van der Waals surface area (Å²) in [6.45, 7) is 7.72. The van der Waals surface area contributed by atoms with Gasteiger partial charge in [-0.2, -0.15) is 0 Å². The summed E-state index contributed by atoms with van der Waals surface area (Å²) >= 11 is 0. The topological polar surface area (TPSA) is 90.6 Å². The van der Waals surface area contributed by atoms with Crippen molar-refractivity contribution in [1.29, 1.82) is 0 Å². The maximum absolute atomic E-state index is 12.3. The van der Waals surface area contributed by atoms with Crippen molar-refractivity contribution < 1.29 is 14.3 Å². The van der Waals surface area contributed by atoms with E-state index in [1.165, 1.54) is 0 Å². The molecular formula is C21H30N4O3. The Hall–Kier alpha value is -2.57. The lowest BCUT2D eigenvalue weighted by atomic mass is 9.94. The van der Waals surface area contributed by atoms with E-state index in [0.717, 1.165) is 49.8 Å². The van der Waals surface area contributed by atoms with Gasteiger partial charge in [0.15, 0.2) is 5.82 Å². The molecule has 1 fully saturated rings. The highest BCUT2D eigenvalue weighted by Crippen LogP contribution is 2.24. The van der Waals surface area contributed by atoms with E-state index < -0.39 is 5.60 Å². The second kappa shape index (κ2) is 8.63. The summed E-state index contributed by atoms with van der Waals surface area (Å²) in [4.78, 5) is 22.9. The minimum absolute atomic E-state index is 0.215. The van der Waals surface area contributed by atoms with E-state index >= 15 is 0 Å². The van der Waals surface area contributed by atoms with Crippen molar-refractivity contribution in [2.45, 2.75) is 52.1 Å². The summed E-state index contributed by atoms with van der Waals surface area (Å²) in [5.41, 5.74) is 7.03. The first-order chi connectivity index (χ1) is 13.3. The summed E-state index contributed by atoms with van der Waals surface area (Å²) in [6, 6.07) is 7.59. The molecule has 28 heavy (non-hydrogen) atoms. The van der Waals surface area contributed by atoms with E-state index in [0.29, 0.717) is 24.2 Å². The van der Waals surface area contributed by atoms with Crippen LogP contribution in [0.15, 0.2) is 24.3 Å². The Balaban J connectivity index is 1.46. The van der Waals surface area contributed by atoms with Crippen molar-refractivity contribution in [2.24, 2.45) is 5.92 Å². The number of amides is 1. The predicted molar refractivity (Wildman–Crippen MR) is 109 cm³/mol. The van der Waals surface area contributed by atoms with Gasteiger partial charge in [0.25, 0.3) is 5.88 Å². The number of benzene rings is 1. The highest BCUT2D eigenvalue weighted by Gasteiger charge is 2.27. The van der Waals surface area contributed by atoms with Crippen LogP contribution in [-0.4, -0.2) is 46.3 Å². The largest absolute Gasteiger partial charge is 0.475 e. The van der Waals surface area contributed by atoms with Gasteiger partial charge in [0.2, 0.25) is 0 Å². The number of ether oxygens (including phenoxy) is 2. The number of aromatic nitrogens is 2. The van der Waals surface area contributed by atoms with Gasteiger partial charge in [-0.15, -0.1) is 0 Å². The molecule has 1 amide bonds. The number of carbonyl (C=O) groups excluding carboxylic acids is 1. The van der Waals surface area contributed by atoms with E-state index in [2.05, 4.69) is 9.97 Å². The molecule has 1 saturated heterocycles. The zero-order chi connectivity index (χ0) is 20.1. The fourth-order valence-corrected chi connectivity index (χ4v) is 3.44. The first kappa shape index (κ1) is 20.2. The lowest BCUT2D eigenvalue weighted by molar-refractivity contribution is 0.0159. The zero-order valence-corrected chi connectivity index (χ0v) is 17.0. The van der Waals surface area contributed by atoms with E-state index in [-0.39, 0.29) is 6.09 Å². The molecule has 152 valence electrons. The number of hydrogen-bond donors (Lipinski definition) is 1. The molecule has 0 saturated carbocycles. The van der Waals surface area contributed by atoms with Crippen LogP contribution in [0.5, 0.6) is 5.88 Å². The third kappa shape index (κ3) is 5.47. The molecule has 1 aromatic heterocycles. The summed E-state index contributed by atoms with van der Waals surface area (Å²) in [5, 5.41) is 0. The van der Waals surface area contributed by atoms with Crippen LogP contribution >= 0.6 is 0 Å². The number of rotatable bonds is 5. The van der Waals surface area contributed by atoms with Crippen molar-refractivity contribution in [3.8, 4) is 5.88 Å². The molecule has 2 heterocycles. The quantitative estimate of drug-likeness (QED) is 0.781. The maximum atomic E-state index is 12.3. The van der Waals surface area contributed by atoms with Gasteiger partial charge in [-0.3, -0.25) is 0 Å². The van der Waals surface area contributed by atoms with Crippen LogP contribution in [0.1, 0.15) is 46.5 Å². The highest BCUT2D eigenvalue weighted by atomic mass is 16.6. The van der Waals surface area contributed by atoms with Crippen LogP contribution in [0.25, 0.3) is 11.0 Å². The van der Waals surface area contributed by atoms with Crippen molar-refractivity contribution in [3.05, 3.63) is 24.3 Å². The molecule has 7 nitrogen and oxygen atoms in total. The van der Waals surface area contributed by atoms with Gasteiger partial charge in [-0.05, 0) is 64.5 Å². The van der Waals surface area contributed by atoms with Crippen LogP contribution in [0, 0.1) is 5.92 Å². The Morgan fingerprint density at radius 3 is 2.68 bits per heavy atom. The van der Waals surface area contributed by atoms with E-state index in [1.807, 2.05) is 49.9 Å². The number of anilines is 1. The lowest BCUT2D eigenvalue weighted by Gasteiger charge is -2.34. The molecule has 1 aliphatic rings. The number of nitrogens with two attached hydrogens (primary N) is 1. The molecular weight excluding hydrogens is 356 g/mol. The Kier molecular flexibility index (Phi) is 6.21. The molecule has 0 aliphatic carbocycles. The van der Waals surface area contributed by atoms with Gasteiger partial charge in [0.05, 0.1) is 17.6 Å². The summed E-state index contributed by atoms with van der Waals surface area (Å²) in [5.74, 6) is 1.16.